The number of esters is 1. The highest BCUT2D eigenvalue weighted by Crippen LogP contribution is 2.41. The van der Waals surface area contributed by atoms with Gasteiger partial charge in [0, 0.05) is 6.92 Å². The molecule has 0 saturated carbocycles. The maximum Gasteiger partial charge on any atom is 0.312 e. The summed E-state index contributed by atoms with van der Waals surface area (Å²) in [6.07, 6.45) is 1.25. The molecule has 92 valence electrons. The normalized spacial score (nSPS) is 22.6. The van der Waals surface area contributed by atoms with E-state index in [9.17, 15) is 9.59 Å². The molecule has 0 aromatic carbocycles. The molecule has 2 rings (SSSR count). The second-order valence-corrected chi connectivity index (χ2v) is 4.92. The fraction of sp³-hybridized carbons (Fsp3) is 0.455. The van der Waals surface area contributed by atoms with Gasteiger partial charge >= 0.3 is 12.0 Å². The Hall–Kier alpha value is -1.56. The van der Waals surface area contributed by atoms with Crippen LogP contribution in [0.2, 0.25) is 0 Å². The number of hydrogen-bond donors (Lipinski definition) is 2. The Morgan fingerprint density at radius 2 is 2.29 bits per heavy atom. The lowest BCUT2D eigenvalue weighted by atomic mass is 9.92. The van der Waals surface area contributed by atoms with Crippen molar-refractivity contribution in [2.45, 2.75) is 31.9 Å². The molecule has 0 saturated heterocycles. The first-order valence-electron chi connectivity index (χ1n) is 5.38. The second-order valence-electron chi connectivity index (χ2n) is 3.98. The summed E-state index contributed by atoms with van der Waals surface area (Å²) in [6.45, 7) is 1.40. The van der Waals surface area contributed by atoms with Crippen molar-refractivity contribution in [3.8, 4) is 0 Å². The average Bonchev–Trinajstić information content (AvgIpc) is 2.69. The van der Waals surface area contributed by atoms with Gasteiger partial charge in [-0.3, -0.25) is 4.79 Å². The van der Waals surface area contributed by atoms with Crippen LogP contribution in [0.15, 0.2) is 11.4 Å². The molecule has 1 heterocycles. The molecule has 1 aromatic rings. The maximum atomic E-state index is 11.0. The van der Waals surface area contributed by atoms with Gasteiger partial charge in [-0.1, -0.05) is 0 Å². The smallest absolute Gasteiger partial charge is 0.312 e. The van der Waals surface area contributed by atoms with E-state index < -0.39 is 6.03 Å². The lowest BCUT2D eigenvalue weighted by Crippen LogP contribution is -2.35. The Labute approximate surface area is 103 Å². The molecule has 3 N–H and O–H groups in total. The molecular weight excluding hydrogens is 240 g/mol. The first-order valence-corrected chi connectivity index (χ1v) is 6.26. The van der Waals surface area contributed by atoms with Crippen LogP contribution in [0.3, 0.4) is 0 Å². The molecule has 2 atom stereocenters. The largest absolute Gasteiger partial charge is 0.457 e. The number of urea groups is 1. The van der Waals surface area contributed by atoms with Gasteiger partial charge in [-0.25, -0.2) is 4.79 Å². The monoisotopic (exact) mass is 254 g/mol. The van der Waals surface area contributed by atoms with E-state index in [1.54, 1.807) is 0 Å². The molecule has 0 aliphatic heterocycles. The van der Waals surface area contributed by atoms with Crippen molar-refractivity contribution in [2.75, 3.05) is 0 Å². The van der Waals surface area contributed by atoms with Gasteiger partial charge in [-0.15, -0.1) is 11.3 Å². The van der Waals surface area contributed by atoms with Crippen LogP contribution in [0, 0.1) is 0 Å². The minimum absolute atomic E-state index is 0.0689. The zero-order chi connectivity index (χ0) is 12.4. The molecule has 1 aromatic heterocycles. The van der Waals surface area contributed by atoms with E-state index in [4.69, 9.17) is 10.5 Å². The summed E-state index contributed by atoms with van der Waals surface area (Å²) >= 11 is 1.54. The Morgan fingerprint density at radius 3 is 2.94 bits per heavy atom. The van der Waals surface area contributed by atoms with Crippen LogP contribution in [0.25, 0.3) is 0 Å². The molecule has 2 amide bonds. The van der Waals surface area contributed by atoms with Gasteiger partial charge in [0.25, 0.3) is 0 Å². The number of fused-ring (bicyclic) bond motifs is 1. The second kappa shape index (κ2) is 4.75. The lowest BCUT2D eigenvalue weighted by molar-refractivity contribution is -0.147. The quantitative estimate of drug-likeness (QED) is 0.790. The number of nitrogens with one attached hydrogen (secondary N) is 1. The van der Waals surface area contributed by atoms with Crippen LogP contribution in [0.5, 0.6) is 0 Å². The summed E-state index contributed by atoms with van der Waals surface area (Å²) in [5.74, 6) is -0.282. The molecule has 6 heteroatoms. The molecule has 5 nitrogen and oxygen atoms in total. The van der Waals surface area contributed by atoms with Crippen LogP contribution in [-0.2, 0) is 9.53 Å². The predicted octanol–water partition coefficient (Wildman–Crippen LogP) is 1.86. The van der Waals surface area contributed by atoms with Crippen LogP contribution in [-0.4, -0.2) is 12.0 Å². The summed E-state index contributed by atoms with van der Waals surface area (Å²) in [5.41, 5.74) is 6.14. The Morgan fingerprint density at radius 1 is 1.53 bits per heavy atom. The van der Waals surface area contributed by atoms with Gasteiger partial charge in [0.1, 0.15) is 6.10 Å². The topological polar surface area (TPSA) is 81.4 Å². The summed E-state index contributed by atoms with van der Waals surface area (Å²) in [5, 5.41) is 4.64. The summed E-state index contributed by atoms with van der Waals surface area (Å²) in [4.78, 5) is 22.9. The first kappa shape index (κ1) is 11.9. The van der Waals surface area contributed by atoms with Gasteiger partial charge in [-0.2, -0.15) is 0 Å². The van der Waals surface area contributed by atoms with E-state index in [2.05, 4.69) is 5.32 Å². The average molecular weight is 254 g/mol. The number of carbonyl (C=O) groups is 2. The van der Waals surface area contributed by atoms with Crippen molar-refractivity contribution < 1.29 is 14.3 Å². The highest BCUT2D eigenvalue weighted by molar-refractivity contribution is 7.10. The molecule has 0 fully saturated rings. The molecule has 17 heavy (non-hydrogen) atoms. The number of ether oxygens (including phenoxy) is 1. The van der Waals surface area contributed by atoms with Gasteiger partial charge in [0.2, 0.25) is 0 Å². The third kappa shape index (κ3) is 2.58. The fourth-order valence-electron chi connectivity index (χ4n) is 2.12. The number of amides is 2. The molecule has 0 bridgehead atoms. The maximum absolute atomic E-state index is 11.0. The van der Waals surface area contributed by atoms with Crippen LogP contribution in [0.1, 0.15) is 42.4 Å². The van der Waals surface area contributed by atoms with Crippen LogP contribution >= 0.6 is 11.3 Å². The number of carbonyl (C=O) groups excluding carboxylic acids is 2. The van der Waals surface area contributed by atoms with E-state index in [0.29, 0.717) is 6.42 Å². The van der Waals surface area contributed by atoms with Crippen molar-refractivity contribution in [1.82, 2.24) is 5.32 Å². The molecule has 1 aliphatic carbocycles. The van der Waals surface area contributed by atoms with Crippen molar-refractivity contribution in [2.24, 2.45) is 5.73 Å². The number of thiophene rings is 1. The van der Waals surface area contributed by atoms with Crippen LogP contribution < -0.4 is 11.1 Å². The highest BCUT2D eigenvalue weighted by atomic mass is 32.1. The molecule has 0 radical (unpaired) electrons. The third-order valence-corrected chi connectivity index (χ3v) is 3.76. The minimum atomic E-state index is -0.530. The van der Waals surface area contributed by atoms with Crippen molar-refractivity contribution >= 4 is 23.3 Å². The van der Waals surface area contributed by atoms with E-state index >= 15 is 0 Å². The van der Waals surface area contributed by atoms with Crippen molar-refractivity contribution in [3.63, 3.8) is 0 Å². The molecular formula is C11H14N2O3S. The van der Waals surface area contributed by atoms with E-state index in [-0.39, 0.29) is 18.1 Å². The zero-order valence-electron chi connectivity index (χ0n) is 9.43. The predicted molar refractivity (Wildman–Crippen MR) is 63.5 cm³/mol. The zero-order valence-corrected chi connectivity index (χ0v) is 10.3. The van der Waals surface area contributed by atoms with Gasteiger partial charge < -0.3 is 15.8 Å². The number of primary amides is 1. The molecule has 0 spiro atoms. The Balaban J connectivity index is 2.20. The van der Waals surface area contributed by atoms with E-state index in [1.807, 2.05) is 11.4 Å². The van der Waals surface area contributed by atoms with Crippen molar-refractivity contribution in [1.29, 1.82) is 0 Å². The Kier molecular flexibility index (Phi) is 3.33. The van der Waals surface area contributed by atoms with Gasteiger partial charge in [0.15, 0.2) is 0 Å². The number of hydrogen-bond acceptors (Lipinski definition) is 4. The molecule has 1 aliphatic rings. The Bertz CT molecular complexity index is 405. The summed E-state index contributed by atoms with van der Waals surface area (Å²) in [6, 6.07) is 1.34. The van der Waals surface area contributed by atoms with Crippen LogP contribution in [0.4, 0.5) is 4.79 Å². The van der Waals surface area contributed by atoms with E-state index in [0.717, 1.165) is 16.9 Å². The lowest BCUT2D eigenvalue weighted by Gasteiger charge is -2.28. The summed E-state index contributed by atoms with van der Waals surface area (Å²) < 4.78 is 5.26. The van der Waals surface area contributed by atoms with E-state index in [1.165, 1.54) is 18.3 Å². The first-order chi connectivity index (χ1) is 8.08. The molecule has 0 unspecified atom stereocenters. The van der Waals surface area contributed by atoms with Crippen molar-refractivity contribution in [3.05, 3.63) is 21.9 Å². The van der Waals surface area contributed by atoms with Gasteiger partial charge in [0.05, 0.1) is 10.9 Å². The highest BCUT2D eigenvalue weighted by Gasteiger charge is 2.30. The summed E-state index contributed by atoms with van der Waals surface area (Å²) in [7, 11) is 0. The number of nitrogens with two attached hydrogens (primary N) is 1. The third-order valence-electron chi connectivity index (χ3n) is 2.74. The van der Waals surface area contributed by atoms with Gasteiger partial charge in [-0.05, 0) is 29.9 Å². The SMILES string of the molecule is CC(=O)O[C@@H]1CC[C@@H](NC(N)=O)c2ccsc21. The number of rotatable bonds is 2. The minimum Gasteiger partial charge on any atom is -0.457 e. The fourth-order valence-corrected chi connectivity index (χ4v) is 3.14. The standard InChI is InChI=1S/C11H14N2O3S/c1-6(14)16-9-3-2-8(13-11(12)15)7-4-5-17-10(7)9/h4-5,8-9H,2-3H2,1H3,(H3,12,13,15)/t8-,9-/m1/s1.